The van der Waals surface area contributed by atoms with E-state index in [0.717, 1.165) is 11.4 Å². The second kappa shape index (κ2) is 7.68. The summed E-state index contributed by atoms with van der Waals surface area (Å²) in [4.78, 5) is 6.36. The van der Waals surface area contributed by atoms with E-state index in [0.29, 0.717) is 30.0 Å². The number of ether oxygens (including phenoxy) is 1. The summed E-state index contributed by atoms with van der Waals surface area (Å²) >= 11 is 1.24. The molecule has 2 heterocycles. The lowest BCUT2D eigenvalue weighted by Gasteiger charge is -2.34. The lowest BCUT2D eigenvalue weighted by Crippen LogP contribution is -2.29. The lowest BCUT2D eigenvalue weighted by molar-refractivity contribution is 0.313. The number of hydrogen-bond acceptors (Lipinski definition) is 6. The third-order valence-electron chi connectivity index (χ3n) is 4.86. The second-order valence-corrected chi connectivity index (χ2v) is 9.87. The summed E-state index contributed by atoms with van der Waals surface area (Å²) in [5.74, 6) is 0.938. The number of aryl methyl sites for hydroxylation is 1. The van der Waals surface area contributed by atoms with Crippen molar-refractivity contribution in [2.24, 2.45) is 0 Å². The van der Waals surface area contributed by atoms with Crippen LogP contribution in [0.1, 0.15) is 30.9 Å². The Bertz CT molecular complexity index is 1130. The maximum Gasteiger partial charge on any atom is 0.263 e. The smallest absolute Gasteiger partial charge is 0.263 e. The van der Waals surface area contributed by atoms with Crippen molar-refractivity contribution in [1.29, 1.82) is 0 Å². The summed E-state index contributed by atoms with van der Waals surface area (Å²) in [6, 6.07) is 11.5. The van der Waals surface area contributed by atoms with Gasteiger partial charge in [-0.1, -0.05) is 26.0 Å². The highest BCUT2D eigenvalue weighted by Crippen LogP contribution is 2.41. The van der Waals surface area contributed by atoms with Gasteiger partial charge < -0.3 is 9.64 Å². The first kappa shape index (κ1) is 19.7. The molecule has 1 aliphatic rings. The van der Waals surface area contributed by atoms with Crippen LogP contribution in [0, 0.1) is 6.92 Å². The Hall–Kier alpha value is -2.58. The first-order chi connectivity index (χ1) is 13.8. The number of fused-ring (bicyclic) bond motifs is 1. The first-order valence-corrected chi connectivity index (χ1v) is 11.8. The SMILES string of the molecule is Cc1ccc(C(C)C)c(N2CCOc3cc(S(=O)(=O)Nc4nccs4)ccc32)c1. The van der Waals surface area contributed by atoms with Crippen molar-refractivity contribution >= 4 is 37.9 Å². The van der Waals surface area contributed by atoms with E-state index < -0.39 is 10.0 Å². The van der Waals surface area contributed by atoms with Gasteiger partial charge in [0.2, 0.25) is 0 Å². The topological polar surface area (TPSA) is 71.5 Å². The minimum atomic E-state index is -3.73. The van der Waals surface area contributed by atoms with Gasteiger partial charge in [0, 0.05) is 23.3 Å². The molecule has 1 aliphatic heterocycles. The summed E-state index contributed by atoms with van der Waals surface area (Å²) in [5, 5.41) is 2.06. The van der Waals surface area contributed by atoms with Gasteiger partial charge in [0.15, 0.2) is 5.13 Å². The molecular formula is C21H23N3O3S2. The maximum absolute atomic E-state index is 12.7. The average Bonchev–Trinajstić information content (AvgIpc) is 3.19. The molecule has 0 saturated carbocycles. The van der Waals surface area contributed by atoms with Crippen LogP contribution in [0.5, 0.6) is 5.75 Å². The Morgan fingerprint density at radius 2 is 2.00 bits per heavy atom. The number of sulfonamides is 1. The summed E-state index contributed by atoms with van der Waals surface area (Å²) < 4.78 is 33.8. The Kier molecular flexibility index (Phi) is 5.23. The van der Waals surface area contributed by atoms with Crippen molar-refractivity contribution in [2.45, 2.75) is 31.6 Å². The molecule has 3 aromatic rings. The molecule has 0 unspecified atom stereocenters. The van der Waals surface area contributed by atoms with Crippen LogP contribution in [0.15, 0.2) is 52.9 Å². The fourth-order valence-corrected chi connectivity index (χ4v) is 5.24. The minimum absolute atomic E-state index is 0.154. The van der Waals surface area contributed by atoms with Crippen LogP contribution in [0.2, 0.25) is 0 Å². The third-order valence-corrected chi connectivity index (χ3v) is 7.01. The standard InChI is InChI=1S/C21H23N3O3S2/c1-14(2)17-6-4-15(3)12-19(17)24-9-10-27-20-13-16(5-7-18(20)24)29(25,26)23-21-22-8-11-28-21/h4-8,11-14H,9-10H2,1-3H3,(H,22,23). The molecule has 0 saturated heterocycles. The van der Waals surface area contributed by atoms with Crippen molar-refractivity contribution in [3.05, 3.63) is 59.1 Å². The van der Waals surface area contributed by atoms with E-state index in [9.17, 15) is 8.42 Å². The van der Waals surface area contributed by atoms with Crippen LogP contribution < -0.4 is 14.4 Å². The first-order valence-electron chi connectivity index (χ1n) is 9.42. The Morgan fingerprint density at radius 1 is 1.17 bits per heavy atom. The highest BCUT2D eigenvalue weighted by atomic mass is 32.2. The van der Waals surface area contributed by atoms with E-state index in [1.54, 1.807) is 23.7 Å². The number of aromatic nitrogens is 1. The molecule has 0 radical (unpaired) electrons. The van der Waals surface area contributed by atoms with Gasteiger partial charge in [-0.25, -0.2) is 13.4 Å². The van der Waals surface area contributed by atoms with E-state index in [2.05, 4.69) is 53.6 Å². The zero-order valence-electron chi connectivity index (χ0n) is 16.5. The largest absolute Gasteiger partial charge is 0.489 e. The number of rotatable bonds is 5. The van der Waals surface area contributed by atoms with Gasteiger partial charge in [0.25, 0.3) is 10.0 Å². The Labute approximate surface area is 175 Å². The van der Waals surface area contributed by atoms with Crippen molar-refractivity contribution in [2.75, 3.05) is 22.8 Å². The zero-order chi connectivity index (χ0) is 20.6. The number of thiazole rings is 1. The van der Waals surface area contributed by atoms with E-state index in [4.69, 9.17) is 4.74 Å². The molecule has 0 amide bonds. The summed E-state index contributed by atoms with van der Waals surface area (Å²) in [7, 11) is -3.73. The molecule has 0 spiro atoms. The van der Waals surface area contributed by atoms with Crippen LogP contribution in [-0.2, 0) is 10.0 Å². The molecule has 29 heavy (non-hydrogen) atoms. The molecule has 1 N–H and O–H groups in total. The number of benzene rings is 2. The zero-order valence-corrected chi connectivity index (χ0v) is 18.2. The van der Waals surface area contributed by atoms with E-state index in [1.807, 2.05) is 6.07 Å². The highest BCUT2D eigenvalue weighted by Gasteiger charge is 2.25. The molecule has 0 aliphatic carbocycles. The quantitative estimate of drug-likeness (QED) is 0.624. The van der Waals surface area contributed by atoms with Gasteiger partial charge >= 0.3 is 0 Å². The van der Waals surface area contributed by atoms with Crippen molar-refractivity contribution in [3.63, 3.8) is 0 Å². The molecule has 1 aromatic heterocycles. The fourth-order valence-electron chi connectivity index (χ4n) is 3.44. The van der Waals surface area contributed by atoms with Crippen molar-refractivity contribution < 1.29 is 13.2 Å². The van der Waals surface area contributed by atoms with E-state index >= 15 is 0 Å². The van der Waals surface area contributed by atoms with Crippen molar-refractivity contribution in [3.8, 4) is 5.75 Å². The predicted molar refractivity (Wildman–Crippen MR) is 117 cm³/mol. The fraction of sp³-hybridized carbons (Fsp3) is 0.286. The van der Waals surface area contributed by atoms with E-state index in [-0.39, 0.29) is 4.90 Å². The normalized spacial score (nSPS) is 13.9. The molecule has 152 valence electrons. The van der Waals surface area contributed by atoms with Gasteiger partial charge in [-0.2, -0.15) is 0 Å². The molecule has 6 nitrogen and oxygen atoms in total. The minimum Gasteiger partial charge on any atom is -0.489 e. The highest BCUT2D eigenvalue weighted by molar-refractivity contribution is 7.93. The predicted octanol–water partition coefficient (Wildman–Crippen LogP) is 4.91. The molecule has 0 bridgehead atoms. The Morgan fingerprint density at radius 3 is 2.72 bits per heavy atom. The van der Waals surface area contributed by atoms with Crippen LogP contribution in [0.4, 0.5) is 16.5 Å². The summed E-state index contributed by atoms with van der Waals surface area (Å²) in [6.45, 7) is 7.63. The monoisotopic (exact) mass is 429 g/mol. The number of nitrogens with one attached hydrogen (secondary N) is 1. The van der Waals surface area contributed by atoms with Crippen LogP contribution in [0.3, 0.4) is 0 Å². The van der Waals surface area contributed by atoms with Crippen molar-refractivity contribution in [1.82, 2.24) is 4.98 Å². The van der Waals surface area contributed by atoms with Gasteiger partial charge in [-0.3, -0.25) is 4.72 Å². The Balaban J connectivity index is 1.73. The average molecular weight is 430 g/mol. The lowest BCUT2D eigenvalue weighted by atomic mass is 9.98. The molecular weight excluding hydrogens is 406 g/mol. The third kappa shape index (κ3) is 3.95. The van der Waals surface area contributed by atoms with Gasteiger partial charge in [-0.15, -0.1) is 11.3 Å². The van der Waals surface area contributed by atoms with Crippen LogP contribution in [0.25, 0.3) is 0 Å². The molecule has 8 heteroatoms. The summed E-state index contributed by atoms with van der Waals surface area (Å²) in [6.07, 6.45) is 1.56. The van der Waals surface area contributed by atoms with Gasteiger partial charge in [-0.05, 0) is 42.2 Å². The molecule has 2 aromatic carbocycles. The van der Waals surface area contributed by atoms with Gasteiger partial charge in [0.05, 0.1) is 17.1 Å². The number of anilines is 3. The second-order valence-electron chi connectivity index (χ2n) is 7.29. The molecule has 0 fully saturated rings. The molecule has 4 rings (SSSR count). The van der Waals surface area contributed by atoms with Gasteiger partial charge in [0.1, 0.15) is 12.4 Å². The maximum atomic E-state index is 12.7. The summed E-state index contributed by atoms with van der Waals surface area (Å²) in [5.41, 5.74) is 4.45. The number of hydrogen-bond donors (Lipinski definition) is 1. The van der Waals surface area contributed by atoms with Crippen LogP contribution >= 0.6 is 11.3 Å². The van der Waals surface area contributed by atoms with E-state index in [1.165, 1.54) is 22.5 Å². The van der Waals surface area contributed by atoms with Crippen LogP contribution in [-0.4, -0.2) is 26.6 Å². The molecule has 0 atom stereocenters. The number of nitrogens with zero attached hydrogens (tertiary/aromatic N) is 2.